The third-order valence-electron chi connectivity index (χ3n) is 14.6. The highest BCUT2D eigenvalue weighted by Crippen LogP contribution is 2.23. The van der Waals surface area contributed by atoms with Crippen LogP contribution in [0.4, 0.5) is 0 Å². The maximum absolute atomic E-state index is 13.1. The van der Waals surface area contributed by atoms with E-state index in [4.69, 9.17) is 14.2 Å². The fourth-order valence-corrected chi connectivity index (χ4v) is 9.56. The summed E-state index contributed by atoms with van der Waals surface area (Å²) in [5, 5.41) is 54.5. The number of nitrogens with one attached hydrogen (secondary N) is 1. The van der Waals surface area contributed by atoms with Crippen molar-refractivity contribution in [1.29, 1.82) is 0 Å². The molecule has 0 radical (unpaired) electrons. The maximum atomic E-state index is 13.1. The van der Waals surface area contributed by atoms with Crippen LogP contribution in [0.2, 0.25) is 0 Å². The molecule has 0 saturated carbocycles. The molecule has 7 atom stereocenters. The van der Waals surface area contributed by atoms with Gasteiger partial charge in [0.2, 0.25) is 5.91 Å². The van der Waals surface area contributed by atoms with Gasteiger partial charge in [-0.25, -0.2) is 0 Å². The highest BCUT2D eigenvalue weighted by Gasteiger charge is 2.44. The largest absolute Gasteiger partial charge is 0.466 e. The standard InChI is InChI=1S/C65H117NO10/c1-3-5-7-9-11-13-15-17-24-27-31-35-39-43-47-51-58(68)57(56-75-65-64(73)63(72)62(71)59(55-67)76-65)66-60(69)52-48-44-40-36-32-28-25-22-20-19-21-23-26-30-34-38-42-46-50-54-74-61(70)53-49-45-41-37-33-29-18-16-14-12-10-8-6-4-2/h10,12,16,18,23,26,30,34,47,51,57-59,62-65,67-68,71-73H,3-9,11,13-15,17,19-22,24-25,27-29,31-33,35-46,48-50,52-56H2,1-2H3,(H,66,69)/b12-10-,18-16-,26-23-,34-30-,51-47+. The van der Waals surface area contributed by atoms with E-state index >= 15 is 0 Å². The van der Waals surface area contributed by atoms with Gasteiger partial charge in [-0.1, -0.05) is 235 Å². The third-order valence-corrected chi connectivity index (χ3v) is 14.6. The molecule has 0 aromatic carbocycles. The molecule has 1 aliphatic heterocycles. The Bertz CT molecular complexity index is 1450. The lowest BCUT2D eigenvalue weighted by Gasteiger charge is -2.40. The zero-order valence-corrected chi connectivity index (χ0v) is 48.7. The van der Waals surface area contributed by atoms with Crippen LogP contribution in [0.25, 0.3) is 0 Å². The lowest BCUT2D eigenvalue weighted by Crippen LogP contribution is -2.60. The van der Waals surface area contributed by atoms with E-state index in [1.807, 2.05) is 6.08 Å². The summed E-state index contributed by atoms with van der Waals surface area (Å²) in [6.07, 6.45) is 60.2. The smallest absolute Gasteiger partial charge is 0.305 e. The number of unbranched alkanes of at least 4 members (excludes halogenated alkanes) is 33. The lowest BCUT2D eigenvalue weighted by atomic mass is 9.99. The molecule has 1 saturated heterocycles. The molecule has 0 bridgehead atoms. The molecule has 0 aliphatic carbocycles. The molecule has 1 amide bonds. The first-order chi connectivity index (χ1) is 37.2. The molecule has 1 aliphatic rings. The number of rotatable bonds is 54. The second-order valence-corrected chi connectivity index (χ2v) is 21.8. The number of ether oxygens (including phenoxy) is 3. The predicted molar refractivity (Wildman–Crippen MR) is 315 cm³/mol. The average Bonchev–Trinajstić information content (AvgIpc) is 3.42. The second kappa shape index (κ2) is 54.3. The van der Waals surface area contributed by atoms with Gasteiger partial charge >= 0.3 is 5.97 Å². The van der Waals surface area contributed by atoms with Crippen molar-refractivity contribution in [3.63, 3.8) is 0 Å². The van der Waals surface area contributed by atoms with Crippen LogP contribution in [0.5, 0.6) is 0 Å². The zero-order valence-electron chi connectivity index (χ0n) is 48.7. The summed E-state index contributed by atoms with van der Waals surface area (Å²) >= 11 is 0. The van der Waals surface area contributed by atoms with Gasteiger partial charge in [-0.3, -0.25) is 9.59 Å². The highest BCUT2D eigenvalue weighted by molar-refractivity contribution is 5.76. The van der Waals surface area contributed by atoms with E-state index in [0.717, 1.165) is 103 Å². The normalized spacial score (nSPS) is 19.1. The van der Waals surface area contributed by atoms with E-state index in [1.165, 1.54) is 148 Å². The van der Waals surface area contributed by atoms with Gasteiger partial charge in [0.05, 0.1) is 32.0 Å². The maximum Gasteiger partial charge on any atom is 0.305 e. The first-order valence-electron chi connectivity index (χ1n) is 31.6. The van der Waals surface area contributed by atoms with Crippen molar-refractivity contribution >= 4 is 11.9 Å². The van der Waals surface area contributed by atoms with Crippen molar-refractivity contribution in [3.8, 4) is 0 Å². The van der Waals surface area contributed by atoms with Crippen molar-refractivity contribution in [2.75, 3.05) is 19.8 Å². The fraction of sp³-hybridized carbons (Fsp3) is 0.815. The first kappa shape index (κ1) is 71.4. The molecule has 76 heavy (non-hydrogen) atoms. The van der Waals surface area contributed by atoms with Gasteiger partial charge < -0.3 is 45.1 Å². The Morgan fingerprint density at radius 3 is 1.45 bits per heavy atom. The average molecular weight is 1070 g/mol. The Balaban J connectivity index is 2.12. The van der Waals surface area contributed by atoms with Gasteiger partial charge in [-0.2, -0.15) is 0 Å². The van der Waals surface area contributed by atoms with Crippen LogP contribution in [-0.2, 0) is 23.8 Å². The summed E-state index contributed by atoms with van der Waals surface area (Å²) < 4.78 is 16.7. The Morgan fingerprint density at radius 1 is 0.500 bits per heavy atom. The van der Waals surface area contributed by atoms with Crippen molar-refractivity contribution < 1.29 is 49.3 Å². The molecule has 442 valence electrons. The van der Waals surface area contributed by atoms with Gasteiger partial charge in [0, 0.05) is 12.8 Å². The number of amides is 1. The molecule has 11 nitrogen and oxygen atoms in total. The van der Waals surface area contributed by atoms with E-state index in [9.17, 15) is 35.1 Å². The summed E-state index contributed by atoms with van der Waals surface area (Å²) in [7, 11) is 0. The van der Waals surface area contributed by atoms with Gasteiger partial charge in [-0.05, 0) is 89.9 Å². The summed E-state index contributed by atoms with van der Waals surface area (Å²) in [5.41, 5.74) is 0. The van der Waals surface area contributed by atoms with Crippen molar-refractivity contribution in [1.82, 2.24) is 5.32 Å². The van der Waals surface area contributed by atoms with Gasteiger partial charge in [-0.15, -0.1) is 0 Å². The second-order valence-electron chi connectivity index (χ2n) is 21.8. The quantitative estimate of drug-likeness (QED) is 0.0149. The summed E-state index contributed by atoms with van der Waals surface area (Å²) in [6.45, 7) is 4.26. The minimum atomic E-state index is -1.58. The van der Waals surface area contributed by atoms with Gasteiger partial charge in [0.15, 0.2) is 6.29 Å². The van der Waals surface area contributed by atoms with Crippen molar-refractivity contribution in [2.24, 2.45) is 0 Å². The molecule has 7 unspecified atom stereocenters. The molecule has 0 aromatic rings. The molecule has 6 N–H and O–H groups in total. The number of carbonyl (C=O) groups excluding carboxylic acids is 2. The molecule has 0 spiro atoms. The van der Waals surface area contributed by atoms with Crippen LogP contribution >= 0.6 is 0 Å². The third kappa shape index (κ3) is 43.3. The van der Waals surface area contributed by atoms with Crippen LogP contribution in [-0.4, -0.2) is 100 Å². The molecule has 11 heteroatoms. The lowest BCUT2D eigenvalue weighted by molar-refractivity contribution is -0.302. The molecular formula is C65H117NO10. The SMILES string of the molecule is CCCC/C=C\C/C=C\CCCCCCCC(=O)OCCCCC/C=C\C=C/CCCCCCCCCCCCC(=O)NC(COC1OC(CO)C(O)C(O)C1O)C(O)/C=C/CCCCCCCCCCCCCCC. The van der Waals surface area contributed by atoms with E-state index in [1.54, 1.807) is 6.08 Å². The minimum absolute atomic E-state index is 0.0433. The Hall–Kier alpha value is -2.64. The fourth-order valence-electron chi connectivity index (χ4n) is 9.56. The number of hydrogen-bond acceptors (Lipinski definition) is 10. The zero-order chi connectivity index (χ0) is 55.2. The Morgan fingerprint density at radius 2 is 0.934 bits per heavy atom. The Labute approximate surface area is 465 Å². The molecule has 1 rings (SSSR count). The monoisotopic (exact) mass is 1070 g/mol. The number of esters is 1. The number of allylic oxidation sites excluding steroid dienone is 9. The predicted octanol–water partition coefficient (Wildman–Crippen LogP) is 15.0. The number of hydrogen-bond donors (Lipinski definition) is 6. The number of carbonyl (C=O) groups is 2. The van der Waals surface area contributed by atoms with Crippen LogP contribution in [0.1, 0.15) is 277 Å². The van der Waals surface area contributed by atoms with Gasteiger partial charge in [0.1, 0.15) is 24.4 Å². The van der Waals surface area contributed by atoms with Crippen LogP contribution in [0.3, 0.4) is 0 Å². The minimum Gasteiger partial charge on any atom is -0.466 e. The summed E-state index contributed by atoms with van der Waals surface area (Å²) in [6, 6.07) is -0.820. The molecule has 1 fully saturated rings. The van der Waals surface area contributed by atoms with E-state index in [0.29, 0.717) is 19.4 Å². The summed E-state index contributed by atoms with van der Waals surface area (Å²) in [4.78, 5) is 25.1. The first-order valence-corrected chi connectivity index (χ1v) is 31.6. The van der Waals surface area contributed by atoms with E-state index in [-0.39, 0.29) is 18.5 Å². The summed E-state index contributed by atoms with van der Waals surface area (Å²) in [5.74, 6) is -0.235. The Kier molecular flexibility index (Phi) is 51.0. The molecule has 1 heterocycles. The van der Waals surface area contributed by atoms with Crippen molar-refractivity contribution in [2.45, 2.75) is 320 Å². The number of aliphatic hydroxyl groups is 5. The van der Waals surface area contributed by atoms with Crippen molar-refractivity contribution in [3.05, 3.63) is 60.8 Å². The highest BCUT2D eigenvalue weighted by atomic mass is 16.7. The van der Waals surface area contributed by atoms with Crippen LogP contribution < -0.4 is 5.32 Å². The van der Waals surface area contributed by atoms with Crippen LogP contribution in [0, 0.1) is 0 Å². The molecular weight excluding hydrogens is 955 g/mol. The number of aliphatic hydroxyl groups excluding tert-OH is 5. The van der Waals surface area contributed by atoms with E-state index in [2.05, 4.69) is 67.8 Å². The van der Waals surface area contributed by atoms with Gasteiger partial charge in [0.25, 0.3) is 0 Å². The van der Waals surface area contributed by atoms with E-state index < -0.39 is 49.5 Å². The molecule has 0 aromatic heterocycles. The topological polar surface area (TPSA) is 175 Å². The van der Waals surface area contributed by atoms with Crippen LogP contribution in [0.15, 0.2) is 60.8 Å².